The molecule has 2 aromatic carbocycles. The van der Waals surface area contributed by atoms with Crippen LogP contribution in [0.4, 0.5) is 4.39 Å². The molecule has 2 N–H and O–H groups in total. The molecule has 21 heavy (non-hydrogen) atoms. The molecule has 0 aliphatic carbocycles. The average Bonchev–Trinajstić information content (AvgIpc) is 2.51. The van der Waals surface area contributed by atoms with E-state index < -0.39 is 0 Å². The number of hydrogen-bond acceptors (Lipinski definition) is 3. The van der Waals surface area contributed by atoms with Crippen molar-refractivity contribution < 1.29 is 9.13 Å². The van der Waals surface area contributed by atoms with Crippen LogP contribution < -0.4 is 10.5 Å². The van der Waals surface area contributed by atoms with Gasteiger partial charge in [0.25, 0.3) is 0 Å². The van der Waals surface area contributed by atoms with Crippen molar-refractivity contribution in [1.29, 1.82) is 0 Å². The zero-order valence-corrected chi connectivity index (χ0v) is 12.5. The molecule has 0 bridgehead atoms. The maximum atomic E-state index is 13.2. The number of ether oxygens (including phenoxy) is 1. The monoisotopic (exact) mass is 301 g/mol. The highest BCUT2D eigenvalue weighted by molar-refractivity contribution is 7.98. The van der Waals surface area contributed by atoms with Crippen molar-refractivity contribution in [3.05, 3.63) is 59.4 Å². The fourth-order valence-electron chi connectivity index (χ4n) is 1.80. The third-order valence-corrected chi connectivity index (χ3v) is 3.87. The predicted octanol–water partition coefficient (Wildman–Crippen LogP) is 3.44. The van der Waals surface area contributed by atoms with E-state index in [4.69, 9.17) is 10.5 Å². The van der Waals surface area contributed by atoms with E-state index >= 15 is 0 Å². The number of nitrogens with two attached hydrogens (primary N) is 1. The van der Waals surface area contributed by atoms with E-state index in [0.717, 1.165) is 21.8 Å². The van der Waals surface area contributed by atoms with Gasteiger partial charge in [-0.3, -0.25) is 0 Å². The molecule has 2 aromatic rings. The van der Waals surface area contributed by atoms with Crippen LogP contribution in [0.1, 0.15) is 11.1 Å². The van der Waals surface area contributed by atoms with Crippen molar-refractivity contribution in [2.24, 2.45) is 5.73 Å². The molecule has 4 heteroatoms. The van der Waals surface area contributed by atoms with Gasteiger partial charge in [-0.2, -0.15) is 0 Å². The molecule has 0 aliphatic rings. The number of halogens is 1. The molecule has 2 rings (SSSR count). The summed E-state index contributed by atoms with van der Waals surface area (Å²) in [6, 6.07) is 12.3. The number of methoxy groups -OCH3 is 1. The molecule has 0 amide bonds. The summed E-state index contributed by atoms with van der Waals surface area (Å²) in [5, 5.41) is 0. The molecular formula is C17H16FNOS. The van der Waals surface area contributed by atoms with E-state index in [9.17, 15) is 4.39 Å². The molecule has 0 spiro atoms. The van der Waals surface area contributed by atoms with E-state index in [-0.39, 0.29) is 5.82 Å². The summed E-state index contributed by atoms with van der Waals surface area (Å²) in [7, 11) is 1.63. The van der Waals surface area contributed by atoms with Crippen molar-refractivity contribution in [3.63, 3.8) is 0 Å². The number of thioether (sulfide) groups is 1. The SMILES string of the molecule is COc1ccc(C#CCN)c(CSc2cccc(F)c2)c1. The van der Waals surface area contributed by atoms with E-state index in [1.54, 1.807) is 24.9 Å². The van der Waals surface area contributed by atoms with Crippen LogP contribution in [-0.4, -0.2) is 13.7 Å². The van der Waals surface area contributed by atoms with Gasteiger partial charge < -0.3 is 10.5 Å². The zero-order valence-electron chi connectivity index (χ0n) is 11.7. The van der Waals surface area contributed by atoms with Gasteiger partial charge in [-0.15, -0.1) is 11.8 Å². The van der Waals surface area contributed by atoms with E-state index in [1.807, 2.05) is 24.3 Å². The fourth-order valence-corrected chi connectivity index (χ4v) is 2.73. The van der Waals surface area contributed by atoms with Crippen LogP contribution in [0.3, 0.4) is 0 Å². The lowest BCUT2D eigenvalue weighted by Crippen LogP contribution is -1.95. The minimum atomic E-state index is -0.228. The third-order valence-electron chi connectivity index (χ3n) is 2.83. The Morgan fingerprint density at radius 2 is 2.10 bits per heavy atom. The maximum Gasteiger partial charge on any atom is 0.124 e. The van der Waals surface area contributed by atoms with E-state index in [2.05, 4.69) is 11.8 Å². The van der Waals surface area contributed by atoms with Gasteiger partial charge in [0.05, 0.1) is 13.7 Å². The van der Waals surface area contributed by atoms with E-state index in [1.165, 1.54) is 12.1 Å². The second-order valence-electron chi connectivity index (χ2n) is 4.28. The minimum absolute atomic E-state index is 0.228. The summed E-state index contributed by atoms with van der Waals surface area (Å²) in [4.78, 5) is 0.885. The molecule has 0 atom stereocenters. The Bertz CT molecular complexity index is 676. The second kappa shape index (κ2) is 7.72. The molecule has 0 saturated carbocycles. The first-order valence-corrected chi connectivity index (χ1v) is 7.45. The molecule has 108 valence electrons. The maximum absolute atomic E-state index is 13.2. The van der Waals surface area contributed by atoms with Gasteiger partial charge >= 0.3 is 0 Å². The molecule has 2 nitrogen and oxygen atoms in total. The summed E-state index contributed by atoms with van der Waals surface area (Å²) in [6.45, 7) is 0.322. The van der Waals surface area contributed by atoms with Gasteiger partial charge in [0.1, 0.15) is 11.6 Å². The highest BCUT2D eigenvalue weighted by Crippen LogP contribution is 2.27. The van der Waals surface area contributed by atoms with Crippen LogP contribution in [0.15, 0.2) is 47.4 Å². The van der Waals surface area contributed by atoms with Crippen LogP contribution in [0, 0.1) is 17.7 Å². The van der Waals surface area contributed by atoms with Crippen LogP contribution in [0.25, 0.3) is 0 Å². The molecule has 0 saturated heterocycles. The Kier molecular flexibility index (Phi) is 5.68. The van der Waals surface area contributed by atoms with Crippen LogP contribution in [-0.2, 0) is 5.75 Å². The highest BCUT2D eigenvalue weighted by atomic mass is 32.2. The van der Waals surface area contributed by atoms with Gasteiger partial charge in [-0.05, 0) is 42.0 Å². The topological polar surface area (TPSA) is 35.2 Å². The van der Waals surface area contributed by atoms with Crippen molar-refractivity contribution >= 4 is 11.8 Å². The van der Waals surface area contributed by atoms with E-state index in [0.29, 0.717) is 12.3 Å². The highest BCUT2D eigenvalue weighted by Gasteiger charge is 2.05. The van der Waals surface area contributed by atoms with Gasteiger partial charge in [-0.1, -0.05) is 17.9 Å². The molecular weight excluding hydrogens is 285 g/mol. The summed E-state index contributed by atoms with van der Waals surface area (Å²) in [6.07, 6.45) is 0. The van der Waals surface area contributed by atoms with Crippen LogP contribution in [0.5, 0.6) is 5.75 Å². The lowest BCUT2D eigenvalue weighted by molar-refractivity contribution is 0.414. The number of benzene rings is 2. The zero-order chi connectivity index (χ0) is 15.1. The molecule has 0 aliphatic heterocycles. The van der Waals surface area contributed by atoms with Crippen molar-refractivity contribution in [3.8, 4) is 17.6 Å². The molecule has 0 fully saturated rings. The fraction of sp³-hybridized carbons (Fsp3) is 0.176. The Hall–Kier alpha value is -1.96. The predicted molar refractivity (Wildman–Crippen MR) is 84.9 cm³/mol. The minimum Gasteiger partial charge on any atom is -0.497 e. The lowest BCUT2D eigenvalue weighted by atomic mass is 10.1. The van der Waals surface area contributed by atoms with Crippen molar-refractivity contribution in [2.75, 3.05) is 13.7 Å². The van der Waals surface area contributed by atoms with Crippen LogP contribution in [0.2, 0.25) is 0 Å². The van der Waals surface area contributed by atoms with Gasteiger partial charge in [-0.25, -0.2) is 4.39 Å². The van der Waals surface area contributed by atoms with Crippen molar-refractivity contribution in [1.82, 2.24) is 0 Å². The standard InChI is InChI=1S/C17H16FNOS/c1-20-16-8-7-13(4-3-9-19)14(10-16)12-21-17-6-2-5-15(18)11-17/h2,5-8,10-11H,9,12,19H2,1H3. The summed E-state index contributed by atoms with van der Waals surface area (Å²) in [5.74, 6) is 7.15. The first kappa shape index (κ1) is 15.4. The van der Waals surface area contributed by atoms with Gasteiger partial charge in [0, 0.05) is 16.2 Å². The summed E-state index contributed by atoms with van der Waals surface area (Å²) < 4.78 is 18.4. The van der Waals surface area contributed by atoms with Gasteiger partial charge in [0.2, 0.25) is 0 Å². The Morgan fingerprint density at radius 3 is 2.81 bits per heavy atom. The molecule has 0 heterocycles. The van der Waals surface area contributed by atoms with Crippen molar-refractivity contribution in [2.45, 2.75) is 10.6 Å². The molecule has 0 aromatic heterocycles. The summed E-state index contributed by atoms with van der Waals surface area (Å²) in [5.41, 5.74) is 7.39. The Balaban J connectivity index is 2.20. The quantitative estimate of drug-likeness (QED) is 0.694. The lowest BCUT2D eigenvalue weighted by Gasteiger charge is -2.08. The first-order valence-electron chi connectivity index (χ1n) is 6.47. The molecule has 0 radical (unpaired) electrons. The normalized spacial score (nSPS) is 9.86. The van der Waals surface area contributed by atoms with Gasteiger partial charge in [0.15, 0.2) is 0 Å². The second-order valence-corrected chi connectivity index (χ2v) is 5.32. The number of hydrogen-bond donors (Lipinski definition) is 1. The third kappa shape index (κ3) is 4.52. The average molecular weight is 301 g/mol. The Morgan fingerprint density at radius 1 is 1.24 bits per heavy atom. The molecule has 0 unspecified atom stereocenters. The van der Waals surface area contributed by atoms with Crippen LogP contribution >= 0.6 is 11.8 Å². The first-order chi connectivity index (χ1) is 10.2. The number of rotatable bonds is 4. The Labute approximate surface area is 128 Å². The summed E-state index contributed by atoms with van der Waals surface area (Å²) >= 11 is 1.56. The smallest absolute Gasteiger partial charge is 0.124 e. The largest absolute Gasteiger partial charge is 0.497 e.